The van der Waals surface area contributed by atoms with Crippen molar-refractivity contribution < 1.29 is 9.72 Å². The number of rotatable bonds is 7. The summed E-state index contributed by atoms with van der Waals surface area (Å²) in [5.74, 6) is 0.231. The molecule has 0 radical (unpaired) electrons. The lowest BCUT2D eigenvalue weighted by Gasteiger charge is -2.05. The van der Waals surface area contributed by atoms with Crippen molar-refractivity contribution in [2.45, 2.75) is 33.9 Å². The monoisotopic (exact) mass is 450 g/mol. The molecule has 0 aliphatic rings. The molecular weight excluding hydrogens is 428 g/mol. The zero-order valence-electron chi connectivity index (χ0n) is 17.9. The van der Waals surface area contributed by atoms with Crippen LogP contribution in [0.25, 0.3) is 0 Å². The Morgan fingerprint density at radius 1 is 1.16 bits per heavy atom. The SMILES string of the molecule is Cc1ccccc1Cn1ccc(NC(=O)c2cc(Cn3nc(C)c([N+](=O)[O-])c3C)cs2)n1. The Morgan fingerprint density at radius 3 is 2.66 bits per heavy atom. The van der Waals surface area contributed by atoms with Crippen LogP contribution >= 0.6 is 11.3 Å². The summed E-state index contributed by atoms with van der Waals surface area (Å²) in [6.07, 6.45) is 1.83. The lowest BCUT2D eigenvalue weighted by Crippen LogP contribution is -2.11. The summed E-state index contributed by atoms with van der Waals surface area (Å²) >= 11 is 1.31. The van der Waals surface area contributed by atoms with Crippen molar-refractivity contribution in [1.29, 1.82) is 0 Å². The van der Waals surface area contributed by atoms with E-state index in [1.807, 2.05) is 23.7 Å². The average molecular weight is 451 g/mol. The molecule has 32 heavy (non-hydrogen) atoms. The third-order valence-corrected chi connectivity index (χ3v) is 6.19. The van der Waals surface area contributed by atoms with Crippen LogP contribution in [0.4, 0.5) is 11.5 Å². The first-order valence-electron chi connectivity index (χ1n) is 9.97. The third-order valence-electron chi connectivity index (χ3n) is 5.21. The standard InChI is InChI=1S/C22H22N6O3S/c1-14-6-4-5-7-18(14)12-26-9-8-20(25-26)23-22(29)19-10-17(13-32-19)11-27-16(3)21(28(30)31)15(2)24-27/h4-10,13H,11-12H2,1-3H3,(H,23,25,29). The van der Waals surface area contributed by atoms with Crippen molar-refractivity contribution in [2.75, 3.05) is 5.32 Å². The van der Waals surface area contributed by atoms with E-state index < -0.39 is 4.92 Å². The number of aryl methyl sites for hydroxylation is 2. The molecule has 9 nitrogen and oxygen atoms in total. The number of benzene rings is 1. The van der Waals surface area contributed by atoms with Crippen LogP contribution in [-0.4, -0.2) is 30.4 Å². The van der Waals surface area contributed by atoms with Gasteiger partial charge >= 0.3 is 5.69 Å². The minimum Gasteiger partial charge on any atom is -0.304 e. The number of nitrogens with zero attached hydrogens (tertiary/aromatic N) is 5. The van der Waals surface area contributed by atoms with E-state index in [0.29, 0.717) is 35.2 Å². The van der Waals surface area contributed by atoms with Gasteiger partial charge in [0.2, 0.25) is 0 Å². The highest BCUT2D eigenvalue weighted by Gasteiger charge is 2.22. The Morgan fingerprint density at radius 2 is 1.94 bits per heavy atom. The fraction of sp³-hybridized carbons (Fsp3) is 0.227. The first kappa shape index (κ1) is 21.4. The molecule has 0 saturated carbocycles. The summed E-state index contributed by atoms with van der Waals surface area (Å²) in [7, 11) is 0. The smallest absolute Gasteiger partial charge is 0.304 e. The van der Waals surface area contributed by atoms with Gasteiger partial charge < -0.3 is 5.32 Å². The molecule has 0 aliphatic carbocycles. The molecule has 0 fully saturated rings. The molecule has 0 atom stereocenters. The van der Waals surface area contributed by atoms with Gasteiger partial charge in [-0.1, -0.05) is 24.3 Å². The molecule has 3 heterocycles. The van der Waals surface area contributed by atoms with Crippen LogP contribution in [0.2, 0.25) is 0 Å². The summed E-state index contributed by atoms with van der Waals surface area (Å²) < 4.78 is 3.37. The Labute approximate surface area is 188 Å². The highest BCUT2D eigenvalue weighted by atomic mass is 32.1. The highest BCUT2D eigenvalue weighted by molar-refractivity contribution is 7.12. The second kappa shape index (κ2) is 8.75. The van der Waals surface area contributed by atoms with Gasteiger partial charge in [0.15, 0.2) is 5.82 Å². The van der Waals surface area contributed by atoms with E-state index in [4.69, 9.17) is 0 Å². The van der Waals surface area contributed by atoms with Crippen LogP contribution in [0.1, 0.15) is 37.7 Å². The Bertz CT molecular complexity index is 1300. The molecule has 0 saturated heterocycles. The van der Waals surface area contributed by atoms with E-state index >= 15 is 0 Å². The second-order valence-electron chi connectivity index (χ2n) is 7.53. The van der Waals surface area contributed by atoms with Gasteiger partial charge in [-0.2, -0.15) is 10.2 Å². The van der Waals surface area contributed by atoms with Crippen molar-refractivity contribution in [3.8, 4) is 0 Å². The molecule has 0 bridgehead atoms. The molecule has 164 valence electrons. The van der Waals surface area contributed by atoms with Gasteiger partial charge in [-0.05, 0) is 48.9 Å². The summed E-state index contributed by atoms with van der Waals surface area (Å²) in [6, 6.07) is 11.6. The summed E-state index contributed by atoms with van der Waals surface area (Å²) in [6.45, 7) is 6.33. The quantitative estimate of drug-likeness (QED) is 0.333. The largest absolute Gasteiger partial charge is 0.312 e. The number of anilines is 1. The van der Waals surface area contributed by atoms with E-state index in [1.54, 1.807) is 35.3 Å². The Hall–Kier alpha value is -3.79. The van der Waals surface area contributed by atoms with Crippen molar-refractivity contribution in [1.82, 2.24) is 19.6 Å². The number of amides is 1. The molecular formula is C22H22N6O3S. The highest BCUT2D eigenvalue weighted by Crippen LogP contribution is 2.24. The van der Waals surface area contributed by atoms with E-state index in [0.717, 1.165) is 5.56 Å². The lowest BCUT2D eigenvalue weighted by atomic mass is 10.1. The number of nitrogens with one attached hydrogen (secondary N) is 1. The van der Waals surface area contributed by atoms with Crippen LogP contribution in [0, 0.1) is 30.9 Å². The maximum Gasteiger partial charge on any atom is 0.312 e. The molecule has 1 N–H and O–H groups in total. The third kappa shape index (κ3) is 4.45. The van der Waals surface area contributed by atoms with Gasteiger partial charge in [-0.3, -0.25) is 24.3 Å². The summed E-state index contributed by atoms with van der Waals surface area (Å²) in [5, 5.41) is 24.6. The maximum atomic E-state index is 12.7. The predicted molar refractivity (Wildman–Crippen MR) is 122 cm³/mol. The summed E-state index contributed by atoms with van der Waals surface area (Å²) in [4.78, 5) is 24.0. The van der Waals surface area contributed by atoms with Gasteiger partial charge in [-0.25, -0.2) is 0 Å². The predicted octanol–water partition coefficient (Wildman–Crippen LogP) is 4.32. The molecule has 4 aromatic rings. The normalized spacial score (nSPS) is 11.0. The minimum atomic E-state index is -0.418. The van der Waals surface area contributed by atoms with Crippen molar-refractivity contribution >= 4 is 28.7 Å². The van der Waals surface area contributed by atoms with Gasteiger partial charge in [0.25, 0.3) is 5.91 Å². The fourth-order valence-electron chi connectivity index (χ4n) is 3.51. The van der Waals surface area contributed by atoms with Gasteiger partial charge in [0.1, 0.15) is 11.4 Å². The molecule has 0 spiro atoms. The Balaban J connectivity index is 1.42. The van der Waals surface area contributed by atoms with Crippen molar-refractivity contribution in [3.05, 3.63) is 91.0 Å². The van der Waals surface area contributed by atoms with Crippen LogP contribution in [0.5, 0.6) is 0 Å². The number of aromatic nitrogens is 4. The Kier molecular flexibility index (Phi) is 5.87. The second-order valence-corrected chi connectivity index (χ2v) is 8.44. The van der Waals surface area contributed by atoms with E-state index in [-0.39, 0.29) is 11.6 Å². The molecule has 3 aromatic heterocycles. The van der Waals surface area contributed by atoms with Crippen molar-refractivity contribution in [3.63, 3.8) is 0 Å². The number of hydrogen-bond donors (Lipinski definition) is 1. The van der Waals surface area contributed by atoms with Crippen molar-refractivity contribution in [2.24, 2.45) is 0 Å². The molecule has 1 aromatic carbocycles. The maximum absolute atomic E-state index is 12.7. The molecule has 10 heteroatoms. The molecule has 0 unspecified atom stereocenters. The number of nitro groups is 1. The average Bonchev–Trinajstić information content (AvgIpc) is 3.44. The van der Waals surface area contributed by atoms with Crippen LogP contribution < -0.4 is 5.32 Å². The topological polar surface area (TPSA) is 108 Å². The number of carbonyl (C=O) groups excluding carboxylic acids is 1. The molecule has 0 aliphatic heterocycles. The lowest BCUT2D eigenvalue weighted by molar-refractivity contribution is -0.386. The number of thiophene rings is 1. The molecule has 1 amide bonds. The minimum absolute atomic E-state index is 0.0273. The van der Waals surface area contributed by atoms with Crippen LogP contribution in [-0.2, 0) is 13.1 Å². The molecule has 4 rings (SSSR count). The van der Waals surface area contributed by atoms with Gasteiger partial charge in [0.05, 0.1) is 22.9 Å². The first-order chi connectivity index (χ1) is 15.3. The number of carbonyl (C=O) groups is 1. The summed E-state index contributed by atoms with van der Waals surface area (Å²) in [5.41, 5.74) is 4.10. The fourth-order valence-corrected chi connectivity index (χ4v) is 4.31. The van der Waals surface area contributed by atoms with E-state index in [1.165, 1.54) is 22.5 Å². The van der Waals surface area contributed by atoms with Crippen LogP contribution in [0.15, 0.2) is 48.0 Å². The van der Waals surface area contributed by atoms with Gasteiger partial charge in [0, 0.05) is 12.3 Å². The zero-order chi connectivity index (χ0) is 22.8. The van der Waals surface area contributed by atoms with Gasteiger partial charge in [-0.15, -0.1) is 11.3 Å². The van der Waals surface area contributed by atoms with E-state index in [2.05, 4.69) is 34.6 Å². The number of hydrogen-bond acceptors (Lipinski definition) is 6. The first-order valence-corrected chi connectivity index (χ1v) is 10.8. The zero-order valence-corrected chi connectivity index (χ0v) is 18.7. The van der Waals surface area contributed by atoms with E-state index in [9.17, 15) is 14.9 Å². The van der Waals surface area contributed by atoms with Crippen LogP contribution in [0.3, 0.4) is 0 Å².